The van der Waals surface area contributed by atoms with Gasteiger partial charge < -0.3 is 14.8 Å². The van der Waals surface area contributed by atoms with E-state index in [0.29, 0.717) is 24.6 Å². The molecule has 1 aromatic heterocycles. The van der Waals surface area contributed by atoms with Gasteiger partial charge in [-0.1, -0.05) is 33.1 Å². The molecule has 34 heavy (non-hydrogen) atoms. The van der Waals surface area contributed by atoms with Gasteiger partial charge in [-0.15, -0.1) is 0 Å². The number of hydrogen-bond donors (Lipinski definition) is 1. The zero-order valence-electron chi connectivity index (χ0n) is 21.1. The first-order valence-corrected chi connectivity index (χ1v) is 12.8. The van der Waals surface area contributed by atoms with Gasteiger partial charge >= 0.3 is 0 Å². The van der Waals surface area contributed by atoms with Crippen LogP contribution in [0, 0.1) is 5.92 Å². The molecule has 2 amide bonds. The lowest BCUT2D eigenvalue weighted by Gasteiger charge is -2.29. The predicted molar refractivity (Wildman–Crippen MR) is 137 cm³/mol. The van der Waals surface area contributed by atoms with E-state index in [4.69, 9.17) is 0 Å². The third kappa shape index (κ3) is 7.97. The van der Waals surface area contributed by atoms with Crippen molar-refractivity contribution in [1.29, 1.82) is 0 Å². The number of nitrogens with zero attached hydrogens (tertiary/aromatic N) is 4. The summed E-state index contributed by atoms with van der Waals surface area (Å²) < 4.78 is 1.94. The zero-order valence-corrected chi connectivity index (χ0v) is 21.1. The molecule has 0 radical (unpaired) electrons. The number of carbonyl (C=O) groups excluding carboxylic acids is 2. The molecule has 0 saturated heterocycles. The molecule has 1 aromatic carbocycles. The second-order valence-corrected chi connectivity index (χ2v) is 9.80. The molecule has 0 fully saturated rings. The molecule has 0 saturated carbocycles. The smallest absolute Gasteiger partial charge is 0.251 e. The lowest BCUT2D eigenvalue weighted by atomic mass is 10.0. The molecule has 2 heterocycles. The molecule has 2 aromatic rings. The largest absolute Gasteiger partial charge is 0.350 e. The molecular weight excluding hydrogens is 426 g/mol. The summed E-state index contributed by atoms with van der Waals surface area (Å²) >= 11 is 0. The fourth-order valence-corrected chi connectivity index (χ4v) is 4.47. The maximum absolute atomic E-state index is 12.9. The van der Waals surface area contributed by atoms with Gasteiger partial charge in [0.1, 0.15) is 0 Å². The average molecular weight is 468 g/mol. The highest BCUT2D eigenvalue weighted by Gasteiger charge is 2.20. The van der Waals surface area contributed by atoms with Crippen LogP contribution >= 0.6 is 0 Å². The Morgan fingerprint density at radius 1 is 1.06 bits per heavy atom. The summed E-state index contributed by atoms with van der Waals surface area (Å²) in [5.74, 6) is 0.615. The van der Waals surface area contributed by atoms with Gasteiger partial charge in [-0.3, -0.25) is 14.5 Å². The van der Waals surface area contributed by atoms with Crippen LogP contribution in [0.1, 0.15) is 75.2 Å². The van der Waals surface area contributed by atoms with E-state index < -0.39 is 0 Å². The van der Waals surface area contributed by atoms with Crippen LogP contribution in [0.15, 0.2) is 36.9 Å². The number of fused-ring (bicyclic) bond motifs is 1. The van der Waals surface area contributed by atoms with E-state index in [1.807, 2.05) is 33.9 Å². The Kier molecular flexibility index (Phi) is 10.1. The highest BCUT2D eigenvalue weighted by atomic mass is 16.2. The first-order valence-electron chi connectivity index (χ1n) is 12.8. The van der Waals surface area contributed by atoms with Crippen LogP contribution in [-0.4, -0.2) is 52.4 Å². The van der Waals surface area contributed by atoms with Crippen LogP contribution in [0.2, 0.25) is 0 Å². The lowest BCUT2D eigenvalue weighted by molar-refractivity contribution is -0.116. The number of rotatable bonds is 7. The number of imidazole rings is 1. The Labute approximate surface area is 204 Å². The highest BCUT2D eigenvalue weighted by molar-refractivity contribution is 5.97. The maximum atomic E-state index is 12.9. The van der Waals surface area contributed by atoms with Gasteiger partial charge in [0.05, 0.1) is 6.33 Å². The summed E-state index contributed by atoms with van der Waals surface area (Å²) in [5, 5.41) is 3.02. The van der Waals surface area contributed by atoms with Crippen LogP contribution in [-0.2, 0) is 17.9 Å². The van der Waals surface area contributed by atoms with Gasteiger partial charge in [-0.25, -0.2) is 4.98 Å². The van der Waals surface area contributed by atoms with Gasteiger partial charge in [0, 0.05) is 56.7 Å². The standard InChI is InChI=1S/C27H41N5O2/c1-22(2)11-16-30-14-7-5-4-6-8-15-32(23(3)33)26-10-9-24(19-25(26)20-30)27(34)29-13-18-31-17-12-28-21-31/h9-10,12,17,19,21-22H,4-8,11,13-16,18,20H2,1-3H3,(H,29,34). The Hall–Kier alpha value is -2.67. The van der Waals surface area contributed by atoms with E-state index in [1.54, 1.807) is 19.4 Å². The predicted octanol–water partition coefficient (Wildman–Crippen LogP) is 4.48. The second-order valence-electron chi connectivity index (χ2n) is 9.80. The monoisotopic (exact) mass is 467 g/mol. The van der Waals surface area contributed by atoms with E-state index in [1.165, 1.54) is 19.3 Å². The summed E-state index contributed by atoms with van der Waals surface area (Å²) in [4.78, 5) is 33.9. The van der Waals surface area contributed by atoms with E-state index >= 15 is 0 Å². The Balaban J connectivity index is 1.82. The Morgan fingerprint density at radius 3 is 2.53 bits per heavy atom. The summed E-state index contributed by atoms with van der Waals surface area (Å²) in [5.41, 5.74) is 2.64. The van der Waals surface area contributed by atoms with Crippen molar-refractivity contribution in [3.05, 3.63) is 48.0 Å². The minimum absolute atomic E-state index is 0.0598. The molecular formula is C27H41N5O2. The molecule has 186 valence electrons. The third-order valence-corrected chi connectivity index (χ3v) is 6.50. The number of carbonyl (C=O) groups is 2. The summed E-state index contributed by atoms with van der Waals surface area (Å²) in [6.07, 6.45) is 12.3. The minimum Gasteiger partial charge on any atom is -0.350 e. The van der Waals surface area contributed by atoms with Gasteiger partial charge in [0.25, 0.3) is 5.91 Å². The van der Waals surface area contributed by atoms with Crippen LogP contribution in [0.3, 0.4) is 0 Å². The van der Waals surface area contributed by atoms with E-state index in [-0.39, 0.29) is 11.8 Å². The molecule has 0 spiro atoms. The number of aromatic nitrogens is 2. The topological polar surface area (TPSA) is 70.5 Å². The van der Waals surface area contributed by atoms with Crippen molar-refractivity contribution in [3.63, 3.8) is 0 Å². The maximum Gasteiger partial charge on any atom is 0.251 e. The van der Waals surface area contributed by atoms with Crippen molar-refractivity contribution < 1.29 is 9.59 Å². The van der Waals surface area contributed by atoms with Crippen LogP contribution < -0.4 is 10.2 Å². The van der Waals surface area contributed by atoms with Crippen molar-refractivity contribution in [3.8, 4) is 0 Å². The van der Waals surface area contributed by atoms with Crippen LogP contribution in [0.5, 0.6) is 0 Å². The first kappa shape index (κ1) is 25.9. The molecule has 3 rings (SSSR count). The van der Waals surface area contributed by atoms with Crippen LogP contribution in [0.4, 0.5) is 5.69 Å². The minimum atomic E-state index is -0.0860. The molecule has 7 heteroatoms. The van der Waals surface area contributed by atoms with Gasteiger partial charge in [-0.2, -0.15) is 0 Å². The van der Waals surface area contributed by atoms with Gasteiger partial charge in [0.15, 0.2) is 0 Å². The number of nitrogens with one attached hydrogen (secondary N) is 1. The van der Waals surface area contributed by atoms with Gasteiger partial charge in [-0.05, 0) is 62.0 Å². The van der Waals surface area contributed by atoms with E-state index in [0.717, 1.165) is 56.7 Å². The summed E-state index contributed by atoms with van der Waals surface area (Å²) in [6.45, 7) is 10.9. The number of hydrogen-bond acceptors (Lipinski definition) is 4. The number of anilines is 1. The molecule has 1 aliphatic rings. The fraction of sp³-hybridized carbons (Fsp3) is 0.593. The lowest BCUT2D eigenvalue weighted by Crippen LogP contribution is -2.33. The normalized spacial score (nSPS) is 15.9. The second kappa shape index (κ2) is 13.3. The Bertz CT molecular complexity index is 910. The van der Waals surface area contributed by atoms with E-state index in [9.17, 15) is 9.59 Å². The third-order valence-electron chi connectivity index (χ3n) is 6.50. The van der Waals surface area contributed by atoms with E-state index in [2.05, 4.69) is 29.0 Å². The summed E-state index contributed by atoms with van der Waals surface area (Å²) in [7, 11) is 0. The SMILES string of the molecule is CC(=O)N1CCCCCCCN(CCC(C)C)Cc2cc(C(=O)NCCn3ccnc3)ccc21. The summed E-state index contributed by atoms with van der Waals surface area (Å²) in [6, 6.07) is 5.81. The van der Waals surface area contributed by atoms with Crippen molar-refractivity contribution >= 4 is 17.5 Å². The molecule has 0 atom stereocenters. The molecule has 0 unspecified atom stereocenters. The molecule has 1 N–H and O–H groups in total. The quantitative estimate of drug-likeness (QED) is 0.652. The fourth-order valence-electron chi connectivity index (χ4n) is 4.47. The van der Waals surface area contributed by atoms with Crippen molar-refractivity contribution in [1.82, 2.24) is 19.8 Å². The number of benzene rings is 1. The first-order chi connectivity index (χ1) is 16.4. The molecule has 0 bridgehead atoms. The van der Waals surface area contributed by atoms with Crippen molar-refractivity contribution in [2.24, 2.45) is 5.92 Å². The molecule has 0 aliphatic carbocycles. The average Bonchev–Trinajstić information content (AvgIpc) is 3.31. The molecule has 1 aliphatic heterocycles. The van der Waals surface area contributed by atoms with Crippen molar-refractivity contribution in [2.75, 3.05) is 31.1 Å². The Morgan fingerprint density at radius 2 is 1.82 bits per heavy atom. The van der Waals surface area contributed by atoms with Crippen LogP contribution in [0.25, 0.3) is 0 Å². The molecule has 7 nitrogen and oxygen atoms in total. The highest BCUT2D eigenvalue weighted by Crippen LogP contribution is 2.26. The number of amides is 2. The zero-order chi connectivity index (χ0) is 24.3. The van der Waals surface area contributed by atoms with Crippen molar-refractivity contribution in [2.45, 2.75) is 72.4 Å². The van der Waals surface area contributed by atoms with Gasteiger partial charge in [0.2, 0.25) is 5.91 Å².